The fourth-order valence-corrected chi connectivity index (χ4v) is 2.76. The van der Waals surface area contributed by atoms with Crippen LogP contribution in [0, 0.1) is 0 Å². The van der Waals surface area contributed by atoms with E-state index in [-0.39, 0.29) is 0 Å². The Labute approximate surface area is 130 Å². The van der Waals surface area contributed by atoms with Gasteiger partial charge in [-0.1, -0.05) is 66.5 Å². The van der Waals surface area contributed by atoms with Crippen LogP contribution in [0.1, 0.15) is 24.0 Å². The third-order valence-corrected chi connectivity index (χ3v) is 4.48. The molecule has 106 valence electrons. The Hall–Kier alpha value is -1.02. The van der Waals surface area contributed by atoms with Crippen molar-refractivity contribution in [2.24, 2.45) is 0 Å². The van der Waals surface area contributed by atoms with Crippen LogP contribution >= 0.6 is 23.2 Å². The number of benzene rings is 2. The largest absolute Gasteiger partial charge is 0.316 e. The van der Waals surface area contributed by atoms with Gasteiger partial charge in [0.05, 0.1) is 10.0 Å². The molecular formula is C17H19Cl2N. The van der Waals surface area contributed by atoms with Crippen molar-refractivity contribution in [2.45, 2.75) is 25.3 Å². The van der Waals surface area contributed by atoms with Crippen LogP contribution in [0.15, 0.2) is 48.5 Å². The van der Waals surface area contributed by atoms with E-state index >= 15 is 0 Å². The van der Waals surface area contributed by atoms with Gasteiger partial charge in [0.2, 0.25) is 0 Å². The fourth-order valence-electron chi connectivity index (χ4n) is 2.44. The smallest absolute Gasteiger partial charge is 0.0595 e. The van der Waals surface area contributed by atoms with Gasteiger partial charge in [-0.2, -0.15) is 0 Å². The van der Waals surface area contributed by atoms with Crippen LogP contribution in [0.3, 0.4) is 0 Å². The minimum absolute atomic E-state index is 0.356. The van der Waals surface area contributed by atoms with E-state index < -0.39 is 0 Å². The van der Waals surface area contributed by atoms with Gasteiger partial charge in [0.15, 0.2) is 0 Å². The van der Waals surface area contributed by atoms with Crippen LogP contribution in [0.4, 0.5) is 0 Å². The van der Waals surface area contributed by atoms with E-state index in [4.69, 9.17) is 23.2 Å². The van der Waals surface area contributed by atoms with Crippen LogP contribution in [0.25, 0.3) is 0 Å². The first-order valence-electron chi connectivity index (χ1n) is 6.78. The molecule has 3 heteroatoms. The highest BCUT2D eigenvalue weighted by atomic mass is 35.5. The highest BCUT2D eigenvalue weighted by molar-refractivity contribution is 6.42. The van der Waals surface area contributed by atoms with Crippen molar-refractivity contribution in [3.63, 3.8) is 0 Å². The van der Waals surface area contributed by atoms with Crippen LogP contribution < -0.4 is 5.32 Å². The highest BCUT2D eigenvalue weighted by Crippen LogP contribution is 2.26. The molecular weight excluding hydrogens is 289 g/mol. The van der Waals surface area contributed by atoms with Gasteiger partial charge in [-0.3, -0.25) is 0 Å². The molecule has 0 spiro atoms. The zero-order valence-electron chi connectivity index (χ0n) is 11.7. The molecule has 0 aromatic heterocycles. The zero-order chi connectivity index (χ0) is 14.5. The second kappa shape index (κ2) is 7.12. The third kappa shape index (κ3) is 3.76. The Bertz CT molecular complexity index is 554. The van der Waals surface area contributed by atoms with Crippen molar-refractivity contribution in [3.05, 3.63) is 69.7 Å². The normalized spacial score (nSPS) is 14.0. The summed E-state index contributed by atoms with van der Waals surface area (Å²) in [6.07, 6.45) is 0.920. The quantitative estimate of drug-likeness (QED) is 0.826. The van der Waals surface area contributed by atoms with Gasteiger partial charge in [0.1, 0.15) is 0 Å². The van der Waals surface area contributed by atoms with E-state index in [0.29, 0.717) is 22.0 Å². The summed E-state index contributed by atoms with van der Waals surface area (Å²) in [5, 5.41) is 4.63. The standard InChI is InChI=1S/C17H19Cl2N/c1-12(14-6-4-3-5-7-14)17(20-2)11-13-8-9-15(18)16(19)10-13/h3-10,12,17,20H,11H2,1-2H3. The van der Waals surface area contributed by atoms with Gasteiger partial charge >= 0.3 is 0 Å². The minimum Gasteiger partial charge on any atom is -0.316 e. The minimum atomic E-state index is 0.356. The molecule has 0 saturated heterocycles. The van der Waals surface area contributed by atoms with E-state index in [1.165, 1.54) is 11.1 Å². The number of halogens is 2. The first kappa shape index (κ1) is 15.4. The molecule has 0 aliphatic heterocycles. The highest BCUT2D eigenvalue weighted by Gasteiger charge is 2.17. The maximum atomic E-state index is 6.08. The Morgan fingerprint density at radius 3 is 2.30 bits per heavy atom. The predicted octanol–water partition coefficient (Wildman–Crippen LogP) is 4.93. The summed E-state index contributed by atoms with van der Waals surface area (Å²) in [6, 6.07) is 16.8. The Balaban J connectivity index is 2.14. The summed E-state index contributed by atoms with van der Waals surface area (Å²) in [6.45, 7) is 2.24. The van der Waals surface area contributed by atoms with Crippen molar-refractivity contribution in [1.29, 1.82) is 0 Å². The van der Waals surface area contributed by atoms with Gasteiger partial charge in [0, 0.05) is 6.04 Å². The van der Waals surface area contributed by atoms with Crippen molar-refractivity contribution >= 4 is 23.2 Å². The van der Waals surface area contributed by atoms with E-state index in [1.54, 1.807) is 0 Å². The molecule has 2 aromatic carbocycles. The summed E-state index contributed by atoms with van der Waals surface area (Å²) >= 11 is 12.0. The summed E-state index contributed by atoms with van der Waals surface area (Å²) in [5.41, 5.74) is 2.54. The first-order valence-corrected chi connectivity index (χ1v) is 7.53. The van der Waals surface area contributed by atoms with Crippen LogP contribution in [-0.4, -0.2) is 13.1 Å². The number of rotatable bonds is 5. The number of likely N-dealkylation sites (N-methyl/N-ethyl adjacent to an activating group) is 1. The van der Waals surface area contributed by atoms with E-state index in [9.17, 15) is 0 Å². The second-order valence-corrected chi connectivity index (χ2v) is 5.86. The Morgan fingerprint density at radius 2 is 1.70 bits per heavy atom. The molecule has 0 fully saturated rings. The number of hydrogen-bond donors (Lipinski definition) is 1. The summed E-state index contributed by atoms with van der Waals surface area (Å²) in [5.74, 6) is 0.427. The van der Waals surface area contributed by atoms with Crippen molar-refractivity contribution in [3.8, 4) is 0 Å². The third-order valence-electron chi connectivity index (χ3n) is 3.74. The maximum Gasteiger partial charge on any atom is 0.0595 e. The molecule has 0 heterocycles. The summed E-state index contributed by atoms with van der Waals surface area (Å²) in [7, 11) is 2.00. The fraction of sp³-hybridized carbons (Fsp3) is 0.294. The Morgan fingerprint density at radius 1 is 1.00 bits per heavy atom. The molecule has 0 saturated carbocycles. The van der Waals surface area contributed by atoms with Gasteiger partial charge in [-0.25, -0.2) is 0 Å². The molecule has 0 amide bonds. The number of hydrogen-bond acceptors (Lipinski definition) is 1. The molecule has 2 unspecified atom stereocenters. The van der Waals surface area contributed by atoms with Crippen LogP contribution in [0.5, 0.6) is 0 Å². The zero-order valence-corrected chi connectivity index (χ0v) is 13.2. The van der Waals surface area contributed by atoms with Crippen LogP contribution in [-0.2, 0) is 6.42 Å². The Kier molecular flexibility index (Phi) is 5.47. The van der Waals surface area contributed by atoms with Crippen molar-refractivity contribution < 1.29 is 0 Å². The van der Waals surface area contributed by atoms with E-state index in [2.05, 4.69) is 36.5 Å². The van der Waals surface area contributed by atoms with E-state index in [0.717, 1.165) is 6.42 Å². The molecule has 0 aliphatic rings. The molecule has 2 rings (SSSR count). The van der Waals surface area contributed by atoms with E-state index in [1.807, 2.05) is 31.3 Å². The lowest BCUT2D eigenvalue weighted by Crippen LogP contribution is -2.32. The lowest BCUT2D eigenvalue weighted by atomic mass is 9.89. The summed E-state index contributed by atoms with van der Waals surface area (Å²) < 4.78 is 0. The summed E-state index contributed by atoms with van der Waals surface area (Å²) in [4.78, 5) is 0. The average Bonchev–Trinajstić information content (AvgIpc) is 2.48. The molecule has 2 aromatic rings. The van der Waals surface area contributed by atoms with Crippen molar-refractivity contribution in [2.75, 3.05) is 7.05 Å². The monoisotopic (exact) mass is 307 g/mol. The van der Waals surface area contributed by atoms with Gasteiger partial charge < -0.3 is 5.32 Å². The maximum absolute atomic E-state index is 6.08. The predicted molar refractivity (Wildman–Crippen MR) is 87.9 cm³/mol. The van der Waals surface area contributed by atoms with Crippen LogP contribution in [0.2, 0.25) is 10.0 Å². The lowest BCUT2D eigenvalue weighted by Gasteiger charge is -2.24. The second-order valence-electron chi connectivity index (χ2n) is 5.05. The molecule has 0 aliphatic carbocycles. The van der Waals surface area contributed by atoms with Gasteiger partial charge in [-0.15, -0.1) is 0 Å². The average molecular weight is 308 g/mol. The topological polar surface area (TPSA) is 12.0 Å². The SMILES string of the molecule is CNC(Cc1ccc(Cl)c(Cl)c1)C(C)c1ccccc1. The molecule has 0 bridgehead atoms. The molecule has 2 atom stereocenters. The molecule has 1 nitrogen and oxygen atoms in total. The first-order chi connectivity index (χ1) is 9.61. The molecule has 1 N–H and O–H groups in total. The molecule has 0 radical (unpaired) electrons. The van der Waals surface area contributed by atoms with Crippen molar-refractivity contribution in [1.82, 2.24) is 5.32 Å². The van der Waals surface area contributed by atoms with Gasteiger partial charge in [-0.05, 0) is 42.6 Å². The lowest BCUT2D eigenvalue weighted by molar-refractivity contribution is 0.483. The van der Waals surface area contributed by atoms with Gasteiger partial charge in [0.25, 0.3) is 0 Å². The number of nitrogens with one attached hydrogen (secondary N) is 1. The molecule has 20 heavy (non-hydrogen) atoms.